The number of halogens is 1. The van der Waals surface area contributed by atoms with E-state index in [-0.39, 0.29) is 12.3 Å². The first-order valence-corrected chi connectivity index (χ1v) is 4.30. The van der Waals surface area contributed by atoms with Crippen molar-refractivity contribution in [2.45, 2.75) is 6.42 Å². The first-order chi connectivity index (χ1) is 6.65. The number of aromatic nitrogens is 1. The minimum Gasteiger partial charge on any atom is -0.481 e. The summed E-state index contributed by atoms with van der Waals surface area (Å²) in [5.41, 5.74) is 1.12. The SMILES string of the molecule is O=C(O)Cc1nc2ccc(Cl)cc2o1. The molecule has 0 aliphatic heterocycles. The largest absolute Gasteiger partial charge is 0.481 e. The van der Waals surface area contributed by atoms with E-state index in [9.17, 15) is 4.79 Å². The van der Waals surface area contributed by atoms with Crippen molar-refractivity contribution >= 4 is 28.7 Å². The number of oxazole rings is 1. The van der Waals surface area contributed by atoms with Crippen LogP contribution in [0.3, 0.4) is 0 Å². The Kier molecular flexibility index (Phi) is 2.13. The van der Waals surface area contributed by atoms with E-state index in [1.54, 1.807) is 18.2 Å². The van der Waals surface area contributed by atoms with Crippen molar-refractivity contribution < 1.29 is 14.3 Å². The van der Waals surface area contributed by atoms with E-state index in [1.807, 2.05) is 0 Å². The normalized spacial score (nSPS) is 10.6. The van der Waals surface area contributed by atoms with Gasteiger partial charge in [0.1, 0.15) is 11.9 Å². The highest BCUT2D eigenvalue weighted by Gasteiger charge is 2.09. The van der Waals surface area contributed by atoms with Crippen LogP contribution in [0, 0.1) is 0 Å². The number of carboxylic acid groups (broad SMARTS) is 1. The third-order valence-electron chi connectivity index (χ3n) is 1.70. The zero-order chi connectivity index (χ0) is 10.1. The molecule has 1 heterocycles. The van der Waals surface area contributed by atoms with E-state index in [0.717, 1.165) is 0 Å². The van der Waals surface area contributed by atoms with Gasteiger partial charge in [-0.05, 0) is 12.1 Å². The molecular weight excluding hydrogens is 206 g/mol. The molecule has 5 heteroatoms. The van der Waals surface area contributed by atoms with Crippen LogP contribution < -0.4 is 0 Å². The predicted molar refractivity (Wildman–Crippen MR) is 50.4 cm³/mol. The summed E-state index contributed by atoms with van der Waals surface area (Å²) in [7, 11) is 0. The van der Waals surface area contributed by atoms with E-state index < -0.39 is 5.97 Å². The van der Waals surface area contributed by atoms with Crippen LogP contribution in [0.1, 0.15) is 5.89 Å². The zero-order valence-corrected chi connectivity index (χ0v) is 7.78. The number of fused-ring (bicyclic) bond motifs is 1. The van der Waals surface area contributed by atoms with Crippen molar-refractivity contribution in [2.24, 2.45) is 0 Å². The van der Waals surface area contributed by atoms with Crippen LogP contribution in [0.2, 0.25) is 5.02 Å². The molecule has 1 aromatic carbocycles. The lowest BCUT2D eigenvalue weighted by molar-refractivity contribution is -0.136. The van der Waals surface area contributed by atoms with Crippen molar-refractivity contribution in [1.29, 1.82) is 0 Å². The van der Waals surface area contributed by atoms with Gasteiger partial charge in [0.15, 0.2) is 5.58 Å². The lowest BCUT2D eigenvalue weighted by atomic mass is 10.3. The predicted octanol–water partition coefficient (Wildman–Crippen LogP) is 2.11. The molecule has 0 saturated carbocycles. The maximum Gasteiger partial charge on any atom is 0.312 e. The van der Waals surface area contributed by atoms with Crippen LogP contribution in [0.5, 0.6) is 0 Å². The number of hydrogen-bond acceptors (Lipinski definition) is 3. The second-order valence-corrected chi connectivity index (χ2v) is 3.23. The molecule has 2 aromatic rings. The highest BCUT2D eigenvalue weighted by atomic mass is 35.5. The number of aliphatic carboxylic acids is 1. The molecular formula is C9H6ClNO3. The fourth-order valence-corrected chi connectivity index (χ4v) is 1.31. The molecule has 0 fully saturated rings. The quantitative estimate of drug-likeness (QED) is 0.826. The molecule has 14 heavy (non-hydrogen) atoms. The summed E-state index contributed by atoms with van der Waals surface area (Å²) in [6.07, 6.45) is -0.216. The molecule has 0 bridgehead atoms. The maximum atomic E-state index is 10.4. The third kappa shape index (κ3) is 1.70. The van der Waals surface area contributed by atoms with Gasteiger partial charge < -0.3 is 9.52 Å². The van der Waals surface area contributed by atoms with Crippen LogP contribution in [0.25, 0.3) is 11.1 Å². The van der Waals surface area contributed by atoms with Crippen LogP contribution in [0.15, 0.2) is 22.6 Å². The van der Waals surface area contributed by atoms with Crippen molar-refractivity contribution in [2.75, 3.05) is 0 Å². The Morgan fingerprint density at radius 2 is 2.36 bits per heavy atom. The van der Waals surface area contributed by atoms with Gasteiger partial charge in [-0.25, -0.2) is 4.98 Å². The lowest BCUT2D eigenvalue weighted by Gasteiger charge is -1.86. The molecule has 0 radical (unpaired) electrons. The fraction of sp³-hybridized carbons (Fsp3) is 0.111. The average Bonchev–Trinajstić information content (AvgIpc) is 2.44. The topological polar surface area (TPSA) is 63.3 Å². The van der Waals surface area contributed by atoms with E-state index in [0.29, 0.717) is 16.1 Å². The van der Waals surface area contributed by atoms with E-state index in [4.69, 9.17) is 21.1 Å². The molecule has 0 spiro atoms. The monoisotopic (exact) mass is 211 g/mol. The van der Waals surface area contributed by atoms with Gasteiger partial charge in [-0.15, -0.1) is 0 Å². The zero-order valence-electron chi connectivity index (χ0n) is 7.03. The van der Waals surface area contributed by atoms with Gasteiger partial charge in [0.05, 0.1) is 0 Å². The molecule has 0 amide bonds. The standard InChI is InChI=1S/C9H6ClNO3/c10-5-1-2-6-7(3-5)14-8(11-6)4-9(12)13/h1-3H,4H2,(H,12,13). The minimum absolute atomic E-state index is 0.190. The molecule has 0 aliphatic carbocycles. The summed E-state index contributed by atoms with van der Waals surface area (Å²) in [4.78, 5) is 14.4. The van der Waals surface area contributed by atoms with Crippen molar-refractivity contribution in [3.63, 3.8) is 0 Å². The van der Waals surface area contributed by atoms with Crippen molar-refractivity contribution in [3.05, 3.63) is 29.1 Å². The molecule has 0 aliphatic rings. The summed E-state index contributed by atoms with van der Waals surface area (Å²) in [6, 6.07) is 4.97. The molecule has 0 saturated heterocycles. The summed E-state index contributed by atoms with van der Waals surface area (Å²) >= 11 is 5.73. The Morgan fingerprint density at radius 3 is 3.07 bits per heavy atom. The molecule has 2 rings (SSSR count). The van der Waals surface area contributed by atoms with Crippen LogP contribution in [-0.2, 0) is 11.2 Å². The molecule has 0 unspecified atom stereocenters. The second kappa shape index (κ2) is 3.31. The van der Waals surface area contributed by atoms with Gasteiger partial charge in [-0.3, -0.25) is 4.79 Å². The lowest BCUT2D eigenvalue weighted by Crippen LogP contribution is -1.99. The van der Waals surface area contributed by atoms with Gasteiger partial charge in [0.2, 0.25) is 5.89 Å². The number of carbonyl (C=O) groups is 1. The van der Waals surface area contributed by atoms with E-state index in [2.05, 4.69) is 4.98 Å². The molecule has 4 nitrogen and oxygen atoms in total. The second-order valence-electron chi connectivity index (χ2n) is 2.79. The number of benzene rings is 1. The number of carboxylic acids is 1. The highest BCUT2D eigenvalue weighted by Crippen LogP contribution is 2.20. The highest BCUT2D eigenvalue weighted by molar-refractivity contribution is 6.31. The Hall–Kier alpha value is -1.55. The van der Waals surface area contributed by atoms with Crippen molar-refractivity contribution in [1.82, 2.24) is 4.98 Å². The molecule has 0 atom stereocenters. The minimum atomic E-state index is -0.970. The van der Waals surface area contributed by atoms with Gasteiger partial charge in [-0.2, -0.15) is 0 Å². The Balaban J connectivity index is 2.46. The summed E-state index contributed by atoms with van der Waals surface area (Å²) in [6.45, 7) is 0. The summed E-state index contributed by atoms with van der Waals surface area (Å²) < 4.78 is 5.18. The Bertz CT molecular complexity index is 492. The number of nitrogens with zero attached hydrogens (tertiary/aromatic N) is 1. The first-order valence-electron chi connectivity index (χ1n) is 3.92. The summed E-state index contributed by atoms with van der Waals surface area (Å²) in [5, 5.41) is 9.06. The van der Waals surface area contributed by atoms with Gasteiger partial charge >= 0.3 is 5.97 Å². The average molecular weight is 212 g/mol. The smallest absolute Gasteiger partial charge is 0.312 e. The Labute approximate surface area is 84.1 Å². The van der Waals surface area contributed by atoms with E-state index in [1.165, 1.54) is 0 Å². The van der Waals surface area contributed by atoms with Crippen LogP contribution in [0.4, 0.5) is 0 Å². The fourth-order valence-electron chi connectivity index (χ4n) is 1.15. The summed E-state index contributed by atoms with van der Waals surface area (Å²) in [5.74, 6) is -0.780. The molecule has 1 N–H and O–H groups in total. The van der Waals surface area contributed by atoms with Gasteiger partial charge in [-0.1, -0.05) is 11.6 Å². The van der Waals surface area contributed by atoms with Gasteiger partial charge in [0, 0.05) is 11.1 Å². The van der Waals surface area contributed by atoms with Crippen molar-refractivity contribution in [3.8, 4) is 0 Å². The van der Waals surface area contributed by atoms with Crippen LogP contribution >= 0.6 is 11.6 Å². The third-order valence-corrected chi connectivity index (χ3v) is 1.93. The number of hydrogen-bond donors (Lipinski definition) is 1. The Morgan fingerprint density at radius 1 is 1.57 bits per heavy atom. The van der Waals surface area contributed by atoms with E-state index >= 15 is 0 Å². The van der Waals surface area contributed by atoms with Gasteiger partial charge in [0.25, 0.3) is 0 Å². The first kappa shape index (κ1) is 9.02. The van der Waals surface area contributed by atoms with Crippen LogP contribution in [-0.4, -0.2) is 16.1 Å². The maximum absolute atomic E-state index is 10.4. The number of rotatable bonds is 2. The molecule has 1 aromatic heterocycles. The molecule has 72 valence electrons.